The second-order valence-corrected chi connectivity index (χ2v) is 12.1. The van der Waals surface area contributed by atoms with E-state index >= 15 is 0 Å². The largest absolute Gasteiger partial charge is 0.507 e. The van der Waals surface area contributed by atoms with E-state index in [1.54, 1.807) is 54.6 Å². The molecule has 1 fully saturated rings. The van der Waals surface area contributed by atoms with Gasteiger partial charge in [0.05, 0.1) is 11.6 Å². The molecule has 3 aromatic carbocycles. The molecule has 1 aromatic heterocycles. The molecule has 202 valence electrons. The first-order chi connectivity index (χ1) is 19.4. The van der Waals surface area contributed by atoms with Crippen molar-refractivity contribution in [3.05, 3.63) is 117 Å². The maximum Gasteiger partial charge on any atom is 0.301 e. The molecule has 0 saturated carbocycles. The van der Waals surface area contributed by atoms with Gasteiger partial charge in [0.2, 0.25) is 5.13 Å². The van der Waals surface area contributed by atoms with Gasteiger partial charge < -0.3 is 9.84 Å². The number of amides is 1. The van der Waals surface area contributed by atoms with Gasteiger partial charge in [-0.25, -0.2) is 0 Å². The van der Waals surface area contributed by atoms with Gasteiger partial charge in [-0.15, -0.1) is 10.2 Å². The maximum absolute atomic E-state index is 13.4. The number of ketones is 1. The number of ether oxygens (including phenoxy) is 1. The fraction of sp³-hybridized carbons (Fsp3) is 0.103. The second kappa shape index (κ2) is 12.4. The number of aliphatic hydroxyl groups excluding tert-OH is 1. The summed E-state index contributed by atoms with van der Waals surface area (Å²) >= 11 is 12.0. The summed E-state index contributed by atoms with van der Waals surface area (Å²) in [6.07, 6.45) is 1.64. The number of thioether (sulfide) groups is 1. The molecule has 1 aliphatic rings. The average Bonchev–Trinajstić information content (AvgIpc) is 3.54. The van der Waals surface area contributed by atoms with Gasteiger partial charge in [-0.3, -0.25) is 14.5 Å². The number of hydrogen-bond donors (Lipinski definition) is 1. The summed E-state index contributed by atoms with van der Waals surface area (Å²) in [7, 11) is 0. The van der Waals surface area contributed by atoms with E-state index < -0.39 is 17.7 Å². The molecule has 7 nitrogen and oxygen atoms in total. The number of halogens is 2. The predicted molar refractivity (Wildman–Crippen MR) is 162 cm³/mol. The van der Waals surface area contributed by atoms with Crippen molar-refractivity contribution in [3.8, 4) is 5.75 Å². The molecule has 0 spiro atoms. The first kappa shape index (κ1) is 28.1. The van der Waals surface area contributed by atoms with E-state index in [4.69, 9.17) is 16.3 Å². The lowest BCUT2D eigenvalue weighted by atomic mass is 9.95. The quantitative estimate of drug-likeness (QED) is 0.0501. The molecule has 1 N–H and O–H groups in total. The zero-order valence-corrected chi connectivity index (χ0v) is 24.8. The number of Topliss-reactive ketones (excluding diaryl/α,β-unsaturated/α-hetero) is 1. The molecule has 1 unspecified atom stereocenters. The van der Waals surface area contributed by atoms with Crippen molar-refractivity contribution in [2.75, 3.05) is 11.5 Å². The van der Waals surface area contributed by atoms with Gasteiger partial charge in [0.1, 0.15) is 18.1 Å². The molecule has 11 heteroatoms. The fourth-order valence-electron chi connectivity index (χ4n) is 4.09. The third-order valence-electron chi connectivity index (χ3n) is 6.00. The summed E-state index contributed by atoms with van der Waals surface area (Å²) in [5.74, 6) is -0.634. The number of hydrogen-bond acceptors (Lipinski definition) is 8. The Morgan fingerprint density at radius 3 is 2.45 bits per heavy atom. The molecular weight excluding hydrogens is 634 g/mol. The summed E-state index contributed by atoms with van der Waals surface area (Å²) in [5.41, 5.74) is 2.04. The first-order valence-electron chi connectivity index (χ1n) is 12.0. The number of anilines is 1. The van der Waals surface area contributed by atoms with E-state index in [2.05, 4.69) is 32.7 Å². The molecule has 5 rings (SSSR count). The Morgan fingerprint density at radius 1 is 1.07 bits per heavy atom. The summed E-state index contributed by atoms with van der Waals surface area (Å²) in [5, 5.41) is 20.7. The third kappa shape index (κ3) is 6.00. The van der Waals surface area contributed by atoms with Crippen LogP contribution in [-0.4, -0.2) is 33.6 Å². The number of nitrogens with zero attached hydrogens (tertiary/aromatic N) is 3. The van der Waals surface area contributed by atoms with Crippen LogP contribution >= 0.6 is 50.6 Å². The smallest absolute Gasteiger partial charge is 0.301 e. The molecular formula is C29H21BrClN3O4S2. The first-order valence-corrected chi connectivity index (χ1v) is 14.9. The topological polar surface area (TPSA) is 92.6 Å². The number of benzene rings is 3. The van der Waals surface area contributed by atoms with Crippen molar-refractivity contribution in [1.82, 2.24) is 10.2 Å². The molecule has 1 amide bonds. The zero-order chi connectivity index (χ0) is 28.2. The van der Waals surface area contributed by atoms with Crippen LogP contribution in [0.3, 0.4) is 0 Å². The van der Waals surface area contributed by atoms with Crippen molar-refractivity contribution in [2.24, 2.45) is 0 Å². The highest BCUT2D eigenvalue weighted by Crippen LogP contribution is 2.44. The Morgan fingerprint density at radius 2 is 1.77 bits per heavy atom. The number of carbonyl (C=O) groups is 2. The summed E-state index contributed by atoms with van der Waals surface area (Å²) in [6, 6.07) is 20.4. The van der Waals surface area contributed by atoms with Crippen LogP contribution in [0.1, 0.15) is 22.7 Å². The average molecular weight is 655 g/mol. The highest BCUT2D eigenvalue weighted by atomic mass is 79.9. The fourth-order valence-corrected chi connectivity index (χ4v) is 6.31. The highest BCUT2D eigenvalue weighted by Gasteiger charge is 2.48. The minimum Gasteiger partial charge on any atom is -0.507 e. The number of rotatable bonds is 9. The Balaban J connectivity index is 1.52. The lowest BCUT2D eigenvalue weighted by molar-refractivity contribution is -0.132. The van der Waals surface area contributed by atoms with Crippen LogP contribution in [-0.2, 0) is 15.3 Å². The van der Waals surface area contributed by atoms with E-state index in [-0.39, 0.29) is 16.5 Å². The SMILES string of the molecule is C=CCOc1ccc(C2/C(=C(/O)c3ccc(Br)cc3)C(=O)C(=O)N2c2nnc(SCc3ccc(Cl)cc3)s2)cc1. The number of aromatic nitrogens is 2. The Kier molecular flexibility index (Phi) is 8.70. The lowest BCUT2D eigenvalue weighted by Gasteiger charge is -2.22. The summed E-state index contributed by atoms with van der Waals surface area (Å²) in [4.78, 5) is 28.1. The second-order valence-electron chi connectivity index (χ2n) is 8.61. The van der Waals surface area contributed by atoms with E-state index in [0.717, 1.165) is 10.0 Å². The summed E-state index contributed by atoms with van der Waals surface area (Å²) < 4.78 is 7.04. The predicted octanol–water partition coefficient (Wildman–Crippen LogP) is 7.44. The lowest BCUT2D eigenvalue weighted by Crippen LogP contribution is -2.29. The van der Waals surface area contributed by atoms with Crippen LogP contribution < -0.4 is 9.64 Å². The van der Waals surface area contributed by atoms with Gasteiger partial charge in [0.15, 0.2) is 4.34 Å². The monoisotopic (exact) mass is 653 g/mol. The van der Waals surface area contributed by atoms with E-state index in [0.29, 0.717) is 38.6 Å². The highest BCUT2D eigenvalue weighted by molar-refractivity contribution is 9.10. The van der Waals surface area contributed by atoms with Crippen molar-refractivity contribution in [1.29, 1.82) is 0 Å². The molecule has 4 aromatic rings. The third-order valence-corrected chi connectivity index (χ3v) is 8.91. The Bertz CT molecular complexity index is 1590. The molecule has 1 aliphatic heterocycles. The van der Waals surface area contributed by atoms with Crippen LogP contribution in [0.15, 0.2) is 99.8 Å². The van der Waals surface area contributed by atoms with Crippen molar-refractivity contribution < 1.29 is 19.4 Å². The maximum atomic E-state index is 13.4. The van der Waals surface area contributed by atoms with Gasteiger partial charge in [-0.2, -0.15) is 0 Å². The molecule has 1 saturated heterocycles. The van der Waals surface area contributed by atoms with Gasteiger partial charge in [0, 0.05) is 20.8 Å². The van der Waals surface area contributed by atoms with Gasteiger partial charge >= 0.3 is 5.91 Å². The zero-order valence-electron chi connectivity index (χ0n) is 20.8. The molecule has 1 atom stereocenters. The molecule has 0 radical (unpaired) electrons. The minimum atomic E-state index is -0.917. The van der Waals surface area contributed by atoms with E-state index in [9.17, 15) is 14.7 Å². The van der Waals surface area contributed by atoms with Crippen molar-refractivity contribution in [3.63, 3.8) is 0 Å². The van der Waals surface area contributed by atoms with Gasteiger partial charge in [-0.05, 0) is 47.5 Å². The molecule has 2 heterocycles. The van der Waals surface area contributed by atoms with Crippen LogP contribution in [0.2, 0.25) is 5.02 Å². The Labute approximate surface area is 252 Å². The molecule has 40 heavy (non-hydrogen) atoms. The number of aliphatic hydroxyl groups is 1. The van der Waals surface area contributed by atoms with Gasteiger partial charge in [-0.1, -0.05) is 99.7 Å². The van der Waals surface area contributed by atoms with Gasteiger partial charge in [0.25, 0.3) is 5.78 Å². The molecule has 0 aliphatic carbocycles. The molecule has 0 bridgehead atoms. The van der Waals surface area contributed by atoms with Crippen molar-refractivity contribution >= 4 is 73.2 Å². The Hall–Kier alpha value is -3.44. The standard InChI is InChI=1S/C29H21BrClN3O4S2/c1-2-15-38-22-13-7-18(8-14-22)24-23(25(35)19-5-9-20(30)10-6-19)26(36)27(37)34(24)28-32-33-29(40-28)39-16-17-3-11-21(31)12-4-17/h2-14,24,35H,1,15-16H2/b25-23-. The normalized spacial score (nSPS) is 16.4. The minimum absolute atomic E-state index is 0.0300. The van der Waals surface area contributed by atoms with E-state index in [1.165, 1.54) is 28.0 Å². The summed E-state index contributed by atoms with van der Waals surface area (Å²) in [6.45, 7) is 3.99. The van der Waals surface area contributed by atoms with Crippen LogP contribution in [0, 0.1) is 0 Å². The van der Waals surface area contributed by atoms with Crippen molar-refractivity contribution in [2.45, 2.75) is 16.1 Å². The number of carbonyl (C=O) groups excluding carboxylic acids is 2. The van der Waals surface area contributed by atoms with Crippen LogP contribution in [0.4, 0.5) is 5.13 Å². The van der Waals surface area contributed by atoms with Crippen LogP contribution in [0.25, 0.3) is 5.76 Å². The van der Waals surface area contributed by atoms with Crippen LogP contribution in [0.5, 0.6) is 5.75 Å². The van der Waals surface area contributed by atoms with E-state index in [1.807, 2.05) is 24.3 Å².